The maximum Gasteiger partial charge on any atom is 0.315 e. The third-order valence-corrected chi connectivity index (χ3v) is 5.56. The van der Waals surface area contributed by atoms with Crippen LogP contribution in [0.3, 0.4) is 0 Å². The molecular formula is C20H28ClN3O2. The summed E-state index contributed by atoms with van der Waals surface area (Å²) >= 11 is 6.02. The van der Waals surface area contributed by atoms with E-state index < -0.39 is 0 Å². The lowest BCUT2D eigenvalue weighted by Crippen LogP contribution is -2.43. The summed E-state index contributed by atoms with van der Waals surface area (Å²) in [5.74, 6) is 0.0345. The van der Waals surface area contributed by atoms with Crippen LogP contribution in [0.25, 0.3) is 0 Å². The summed E-state index contributed by atoms with van der Waals surface area (Å²) in [5.41, 5.74) is 2.40. The zero-order valence-electron chi connectivity index (χ0n) is 15.2. The van der Waals surface area contributed by atoms with Crippen molar-refractivity contribution in [2.75, 3.05) is 6.54 Å². The maximum absolute atomic E-state index is 12.2. The summed E-state index contributed by atoms with van der Waals surface area (Å²) in [6.07, 6.45) is 8.74. The van der Waals surface area contributed by atoms with Crippen molar-refractivity contribution >= 4 is 23.5 Å². The molecule has 6 heteroatoms. The summed E-state index contributed by atoms with van der Waals surface area (Å²) in [6.45, 7) is 0.517. The molecule has 1 aromatic carbocycles. The fraction of sp³-hybridized carbons (Fsp3) is 0.600. The van der Waals surface area contributed by atoms with Crippen molar-refractivity contribution in [1.82, 2.24) is 16.0 Å². The van der Waals surface area contributed by atoms with E-state index in [9.17, 15) is 9.59 Å². The smallest absolute Gasteiger partial charge is 0.315 e. The lowest BCUT2D eigenvalue weighted by molar-refractivity contribution is -0.121. The molecule has 0 saturated heterocycles. The fourth-order valence-electron chi connectivity index (χ4n) is 3.94. The Morgan fingerprint density at radius 3 is 2.69 bits per heavy atom. The highest BCUT2D eigenvalue weighted by molar-refractivity contribution is 6.30. The molecule has 142 valence electrons. The summed E-state index contributed by atoms with van der Waals surface area (Å²) in [6, 6.07) is 6.14. The van der Waals surface area contributed by atoms with Gasteiger partial charge in [-0.2, -0.15) is 0 Å². The minimum absolute atomic E-state index is 0.0345. The van der Waals surface area contributed by atoms with Crippen LogP contribution in [0.4, 0.5) is 4.79 Å². The lowest BCUT2D eigenvalue weighted by atomic mass is 9.96. The quantitative estimate of drug-likeness (QED) is 0.659. The van der Waals surface area contributed by atoms with Crippen LogP contribution >= 0.6 is 11.6 Å². The number of fused-ring (bicyclic) bond motifs is 1. The zero-order valence-corrected chi connectivity index (χ0v) is 15.9. The fourth-order valence-corrected chi connectivity index (χ4v) is 4.13. The van der Waals surface area contributed by atoms with Crippen molar-refractivity contribution in [2.45, 2.75) is 69.9 Å². The molecule has 0 radical (unpaired) electrons. The molecule has 2 aliphatic rings. The first kappa shape index (κ1) is 19.0. The molecule has 5 nitrogen and oxygen atoms in total. The average molecular weight is 378 g/mol. The van der Waals surface area contributed by atoms with Crippen LogP contribution in [0, 0.1) is 0 Å². The van der Waals surface area contributed by atoms with E-state index in [2.05, 4.69) is 16.0 Å². The number of carbonyl (C=O) groups is 2. The van der Waals surface area contributed by atoms with Gasteiger partial charge in [0.15, 0.2) is 0 Å². The maximum atomic E-state index is 12.2. The Hall–Kier alpha value is -1.75. The Morgan fingerprint density at radius 2 is 1.88 bits per heavy atom. The van der Waals surface area contributed by atoms with Crippen LogP contribution in [0.1, 0.15) is 68.5 Å². The van der Waals surface area contributed by atoms with Gasteiger partial charge < -0.3 is 16.0 Å². The number of urea groups is 1. The van der Waals surface area contributed by atoms with Gasteiger partial charge in [-0.25, -0.2) is 4.79 Å². The molecule has 1 unspecified atom stereocenters. The molecule has 0 heterocycles. The minimum atomic E-state index is -0.112. The molecule has 0 bridgehead atoms. The van der Waals surface area contributed by atoms with E-state index in [-0.39, 0.29) is 18.0 Å². The van der Waals surface area contributed by atoms with E-state index in [0.29, 0.717) is 25.4 Å². The van der Waals surface area contributed by atoms with E-state index in [1.807, 2.05) is 18.2 Å². The van der Waals surface area contributed by atoms with Gasteiger partial charge in [0.1, 0.15) is 0 Å². The Morgan fingerprint density at radius 1 is 1.08 bits per heavy atom. The van der Waals surface area contributed by atoms with Crippen molar-refractivity contribution in [2.24, 2.45) is 0 Å². The van der Waals surface area contributed by atoms with Crippen molar-refractivity contribution < 1.29 is 9.59 Å². The largest absolute Gasteiger partial charge is 0.349 e. The predicted octanol–water partition coefficient (Wildman–Crippen LogP) is 3.86. The van der Waals surface area contributed by atoms with Crippen LogP contribution in [0.2, 0.25) is 5.02 Å². The number of hydrogen-bond donors (Lipinski definition) is 3. The molecule has 1 aromatic rings. The molecule has 0 aromatic heterocycles. The molecule has 3 N–H and O–H groups in total. The van der Waals surface area contributed by atoms with Crippen LogP contribution in [0.15, 0.2) is 18.2 Å². The van der Waals surface area contributed by atoms with Gasteiger partial charge in [-0.3, -0.25) is 4.79 Å². The molecular weight excluding hydrogens is 350 g/mol. The van der Waals surface area contributed by atoms with Gasteiger partial charge in [0.2, 0.25) is 5.91 Å². The Kier molecular flexibility index (Phi) is 6.78. The Bertz CT molecular complexity index is 644. The Labute approximate surface area is 160 Å². The van der Waals surface area contributed by atoms with Crippen LogP contribution < -0.4 is 16.0 Å². The van der Waals surface area contributed by atoms with E-state index >= 15 is 0 Å². The van der Waals surface area contributed by atoms with E-state index in [1.165, 1.54) is 30.4 Å². The second-order valence-electron chi connectivity index (χ2n) is 7.34. The highest BCUT2D eigenvalue weighted by Crippen LogP contribution is 2.32. The normalized spacial score (nSPS) is 19.7. The minimum Gasteiger partial charge on any atom is -0.349 e. The number of carbonyl (C=O) groups excluding carboxylic acids is 2. The molecule has 3 rings (SSSR count). The summed E-state index contributed by atoms with van der Waals surface area (Å²) in [5, 5.41) is 9.72. The van der Waals surface area contributed by atoms with Crippen LogP contribution in [0.5, 0.6) is 0 Å². The number of aryl methyl sites for hydroxylation is 1. The lowest BCUT2D eigenvalue weighted by Gasteiger charge is -2.22. The van der Waals surface area contributed by atoms with Crippen LogP contribution in [-0.4, -0.2) is 24.5 Å². The van der Waals surface area contributed by atoms with Gasteiger partial charge >= 0.3 is 6.03 Å². The summed E-state index contributed by atoms with van der Waals surface area (Å²) < 4.78 is 0. The van der Waals surface area contributed by atoms with Gasteiger partial charge in [-0.15, -0.1) is 0 Å². The topological polar surface area (TPSA) is 70.2 Å². The number of nitrogens with one attached hydrogen (secondary N) is 3. The van der Waals surface area contributed by atoms with Crippen molar-refractivity contribution in [3.63, 3.8) is 0 Å². The third-order valence-electron chi connectivity index (χ3n) is 5.32. The van der Waals surface area contributed by atoms with Gasteiger partial charge in [0.05, 0.1) is 6.04 Å². The standard InChI is InChI=1S/C20H28ClN3O2/c21-15-9-10-17-14(13-15)8-11-18(17)24-19(25)7-4-12-22-20(26)23-16-5-2-1-3-6-16/h9-10,13,16,18H,1-8,11-12H2,(H,24,25)(H2,22,23,26). The molecule has 3 amide bonds. The summed E-state index contributed by atoms with van der Waals surface area (Å²) in [7, 11) is 0. The number of amides is 3. The first-order valence-corrected chi connectivity index (χ1v) is 10.1. The number of hydrogen-bond acceptors (Lipinski definition) is 2. The van der Waals surface area contributed by atoms with E-state index in [4.69, 9.17) is 11.6 Å². The highest BCUT2D eigenvalue weighted by atomic mass is 35.5. The number of halogens is 1. The van der Waals surface area contributed by atoms with Gasteiger partial charge in [0.25, 0.3) is 0 Å². The highest BCUT2D eigenvalue weighted by Gasteiger charge is 2.23. The third kappa shape index (κ3) is 5.37. The van der Waals surface area contributed by atoms with Crippen molar-refractivity contribution in [3.8, 4) is 0 Å². The Balaban J connectivity index is 1.32. The SMILES string of the molecule is O=C(CCCNC(=O)NC1CCCCC1)NC1CCc2cc(Cl)ccc21. The average Bonchev–Trinajstić information content (AvgIpc) is 3.01. The van der Waals surface area contributed by atoms with E-state index in [1.54, 1.807) is 0 Å². The zero-order chi connectivity index (χ0) is 18.4. The molecule has 1 fully saturated rings. The number of rotatable bonds is 6. The van der Waals surface area contributed by atoms with Crippen molar-refractivity contribution in [1.29, 1.82) is 0 Å². The monoisotopic (exact) mass is 377 g/mol. The van der Waals surface area contributed by atoms with Gasteiger partial charge in [-0.05, 0) is 55.4 Å². The molecule has 2 aliphatic carbocycles. The van der Waals surface area contributed by atoms with Crippen molar-refractivity contribution in [3.05, 3.63) is 34.3 Å². The molecule has 1 atom stereocenters. The number of benzene rings is 1. The van der Waals surface area contributed by atoms with Gasteiger partial charge in [0, 0.05) is 24.0 Å². The van der Waals surface area contributed by atoms with E-state index in [0.717, 1.165) is 30.7 Å². The molecule has 26 heavy (non-hydrogen) atoms. The van der Waals surface area contributed by atoms with Crippen LogP contribution in [-0.2, 0) is 11.2 Å². The molecule has 0 aliphatic heterocycles. The summed E-state index contributed by atoms with van der Waals surface area (Å²) in [4.78, 5) is 24.0. The first-order chi connectivity index (χ1) is 12.6. The first-order valence-electron chi connectivity index (χ1n) is 9.74. The molecule has 0 spiro atoms. The van der Waals surface area contributed by atoms with Gasteiger partial charge in [-0.1, -0.05) is 36.9 Å². The molecule has 1 saturated carbocycles. The second kappa shape index (κ2) is 9.26. The predicted molar refractivity (Wildman–Crippen MR) is 103 cm³/mol. The second-order valence-corrected chi connectivity index (χ2v) is 7.78.